The van der Waals surface area contributed by atoms with Gasteiger partial charge in [-0.25, -0.2) is 0 Å². The quantitative estimate of drug-likeness (QED) is 0.691. The zero-order valence-corrected chi connectivity index (χ0v) is 8.33. The molecule has 0 radical (unpaired) electrons. The van der Waals surface area contributed by atoms with Gasteiger partial charge in [-0.3, -0.25) is 4.98 Å². The monoisotopic (exact) mass is 174 g/mol. The second-order valence-corrected chi connectivity index (χ2v) is 3.39. The maximum absolute atomic E-state index is 8.70. The van der Waals surface area contributed by atoms with E-state index < -0.39 is 0 Å². The summed E-state index contributed by atoms with van der Waals surface area (Å²) in [5.74, 6) is 0.433. The van der Waals surface area contributed by atoms with Gasteiger partial charge >= 0.3 is 0 Å². The molecule has 1 rings (SSSR count). The van der Waals surface area contributed by atoms with Gasteiger partial charge in [0.15, 0.2) is 0 Å². The first kappa shape index (κ1) is 9.73. The number of hydrogen-bond acceptors (Lipinski definition) is 2. The summed E-state index contributed by atoms with van der Waals surface area (Å²) < 4.78 is 0. The minimum Gasteiger partial charge on any atom is -0.259 e. The van der Waals surface area contributed by atoms with Gasteiger partial charge in [0.25, 0.3) is 0 Å². The lowest BCUT2D eigenvalue weighted by Crippen LogP contribution is -1.99. The van der Waals surface area contributed by atoms with Gasteiger partial charge in [-0.05, 0) is 24.0 Å². The van der Waals surface area contributed by atoms with E-state index in [2.05, 4.69) is 31.8 Å². The summed E-state index contributed by atoms with van der Waals surface area (Å²) in [6.07, 6.45) is 2.59. The van der Waals surface area contributed by atoms with E-state index in [0.29, 0.717) is 11.5 Å². The molecule has 0 fully saturated rings. The molecule has 0 amide bonds. The predicted octanol–water partition coefficient (Wildman–Crippen LogP) is 2.64. The number of aromatic nitrogens is 1. The van der Waals surface area contributed by atoms with Crippen LogP contribution in [0.3, 0.4) is 0 Å². The average molecular weight is 174 g/mol. The second-order valence-electron chi connectivity index (χ2n) is 3.39. The third kappa shape index (κ3) is 2.06. The number of hydrogen-bond donors (Lipinski definition) is 0. The first-order valence-electron chi connectivity index (χ1n) is 4.58. The summed E-state index contributed by atoms with van der Waals surface area (Å²) in [5.41, 5.74) is 2.96. The number of pyridine rings is 1. The SMILES string of the molecule is CCc1cc(C#N)cnc1C(C)C. The highest BCUT2D eigenvalue weighted by Gasteiger charge is 2.07. The van der Waals surface area contributed by atoms with Gasteiger partial charge in [0.1, 0.15) is 6.07 Å². The number of rotatable bonds is 2. The molecule has 13 heavy (non-hydrogen) atoms. The van der Waals surface area contributed by atoms with Crippen molar-refractivity contribution in [3.63, 3.8) is 0 Å². The fourth-order valence-corrected chi connectivity index (χ4v) is 1.39. The van der Waals surface area contributed by atoms with Crippen molar-refractivity contribution in [2.75, 3.05) is 0 Å². The Morgan fingerprint density at radius 3 is 2.69 bits per heavy atom. The molecule has 0 aliphatic rings. The molecule has 0 aromatic carbocycles. The molecule has 0 spiro atoms. The molecule has 0 aliphatic carbocycles. The first-order valence-corrected chi connectivity index (χ1v) is 4.58. The Kier molecular flexibility index (Phi) is 3.02. The van der Waals surface area contributed by atoms with Crippen LogP contribution in [-0.2, 0) is 6.42 Å². The Hall–Kier alpha value is -1.36. The lowest BCUT2D eigenvalue weighted by Gasteiger charge is -2.09. The summed E-state index contributed by atoms with van der Waals surface area (Å²) in [6, 6.07) is 4.04. The Morgan fingerprint density at radius 2 is 2.23 bits per heavy atom. The van der Waals surface area contributed by atoms with Gasteiger partial charge in [-0.2, -0.15) is 5.26 Å². The van der Waals surface area contributed by atoms with E-state index in [1.807, 2.05) is 6.07 Å². The maximum atomic E-state index is 8.70. The molecule has 0 unspecified atom stereocenters. The molecule has 0 aliphatic heterocycles. The van der Waals surface area contributed by atoms with E-state index in [1.165, 1.54) is 5.56 Å². The topological polar surface area (TPSA) is 36.7 Å². The molecule has 1 aromatic heterocycles. The minimum atomic E-state index is 0.433. The van der Waals surface area contributed by atoms with Crippen LogP contribution in [0.25, 0.3) is 0 Å². The van der Waals surface area contributed by atoms with E-state index in [-0.39, 0.29) is 0 Å². The van der Waals surface area contributed by atoms with Crippen LogP contribution in [0.15, 0.2) is 12.3 Å². The third-order valence-electron chi connectivity index (χ3n) is 2.06. The molecule has 68 valence electrons. The summed E-state index contributed by atoms with van der Waals surface area (Å²) in [7, 11) is 0. The van der Waals surface area contributed by atoms with Crippen LogP contribution in [-0.4, -0.2) is 4.98 Å². The van der Waals surface area contributed by atoms with Gasteiger partial charge in [-0.15, -0.1) is 0 Å². The van der Waals surface area contributed by atoms with E-state index >= 15 is 0 Å². The standard InChI is InChI=1S/C11H14N2/c1-4-10-5-9(6-12)7-13-11(10)8(2)3/h5,7-8H,4H2,1-3H3. The molecule has 0 N–H and O–H groups in total. The van der Waals surface area contributed by atoms with Crippen molar-refractivity contribution in [1.82, 2.24) is 4.98 Å². The Morgan fingerprint density at radius 1 is 1.54 bits per heavy atom. The van der Waals surface area contributed by atoms with Crippen LogP contribution in [0.1, 0.15) is 43.5 Å². The van der Waals surface area contributed by atoms with E-state index in [1.54, 1.807) is 6.20 Å². The van der Waals surface area contributed by atoms with Gasteiger partial charge < -0.3 is 0 Å². The van der Waals surface area contributed by atoms with Crippen molar-refractivity contribution in [3.05, 3.63) is 29.1 Å². The van der Waals surface area contributed by atoms with Gasteiger partial charge in [-0.1, -0.05) is 20.8 Å². The number of aryl methyl sites for hydroxylation is 1. The molecule has 1 aromatic rings. The lowest BCUT2D eigenvalue weighted by atomic mass is 10.0. The summed E-state index contributed by atoms with van der Waals surface area (Å²) in [6.45, 7) is 6.32. The molecule has 0 saturated carbocycles. The van der Waals surface area contributed by atoms with Crippen molar-refractivity contribution in [3.8, 4) is 6.07 Å². The zero-order chi connectivity index (χ0) is 9.84. The molecule has 0 saturated heterocycles. The smallest absolute Gasteiger partial charge is 0.101 e. The predicted molar refractivity (Wildman–Crippen MR) is 52.4 cm³/mol. The normalized spacial score (nSPS) is 10.1. The van der Waals surface area contributed by atoms with E-state index in [4.69, 9.17) is 5.26 Å². The van der Waals surface area contributed by atoms with Gasteiger partial charge in [0.2, 0.25) is 0 Å². The number of nitrogens with zero attached hydrogens (tertiary/aromatic N) is 2. The maximum Gasteiger partial charge on any atom is 0.101 e. The highest BCUT2D eigenvalue weighted by molar-refractivity contribution is 5.34. The third-order valence-corrected chi connectivity index (χ3v) is 2.06. The highest BCUT2D eigenvalue weighted by Crippen LogP contribution is 2.18. The molecule has 0 bridgehead atoms. The first-order chi connectivity index (χ1) is 6.19. The Bertz CT molecular complexity index is 334. The van der Waals surface area contributed by atoms with E-state index in [9.17, 15) is 0 Å². The molecular weight excluding hydrogens is 160 g/mol. The van der Waals surface area contributed by atoms with Crippen LogP contribution >= 0.6 is 0 Å². The van der Waals surface area contributed by atoms with Gasteiger partial charge in [0, 0.05) is 11.9 Å². The largest absolute Gasteiger partial charge is 0.259 e. The second kappa shape index (κ2) is 4.04. The van der Waals surface area contributed by atoms with Crippen LogP contribution in [0.5, 0.6) is 0 Å². The highest BCUT2D eigenvalue weighted by atomic mass is 14.7. The summed E-state index contributed by atoms with van der Waals surface area (Å²) >= 11 is 0. The lowest BCUT2D eigenvalue weighted by molar-refractivity contribution is 0.799. The molecule has 1 heterocycles. The fourth-order valence-electron chi connectivity index (χ4n) is 1.39. The molecular formula is C11H14N2. The molecule has 2 heteroatoms. The Labute approximate surface area is 79.2 Å². The summed E-state index contributed by atoms with van der Waals surface area (Å²) in [5, 5.41) is 8.70. The van der Waals surface area contributed by atoms with Crippen molar-refractivity contribution in [2.45, 2.75) is 33.1 Å². The van der Waals surface area contributed by atoms with Crippen LogP contribution in [0.2, 0.25) is 0 Å². The van der Waals surface area contributed by atoms with Crippen molar-refractivity contribution >= 4 is 0 Å². The van der Waals surface area contributed by atoms with Crippen LogP contribution < -0.4 is 0 Å². The van der Waals surface area contributed by atoms with Crippen molar-refractivity contribution in [1.29, 1.82) is 5.26 Å². The fraction of sp³-hybridized carbons (Fsp3) is 0.455. The molecule has 2 nitrogen and oxygen atoms in total. The minimum absolute atomic E-state index is 0.433. The summed E-state index contributed by atoms with van der Waals surface area (Å²) in [4.78, 5) is 4.30. The zero-order valence-electron chi connectivity index (χ0n) is 8.33. The van der Waals surface area contributed by atoms with Crippen LogP contribution in [0.4, 0.5) is 0 Å². The average Bonchev–Trinajstić information content (AvgIpc) is 2.16. The van der Waals surface area contributed by atoms with Crippen LogP contribution in [0, 0.1) is 11.3 Å². The van der Waals surface area contributed by atoms with Crippen molar-refractivity contribution < 1.29 is 0 Å². The van der Waals surface area contributed by atoms with Gasteiger partial charge in [0.05, 0.1) is 5.56 Å². The van der Waals surface area contributed by atoms with Crippen molar-refractivity contribution in [2.24, 2.45) is 0 Å². The Balaban J connectivity index is 3.17. The molecule has 0 atom stereocenters. The van der Waals surface area contributed by atoms with E-state index in [0.717, 1.165) is 12.1 Å². The number of nitriles is 1.